The Balaban J connectivity index is 0.000000350. The Morgan fingerprint density at radius 3 is 2.36 bits per heavy atom. The van der Waals surface area contributed by atoms with E-state index in [-0.39, 0.29) is 0 Å². The molecule has 0 saturated carbocycles. The summed E-state index contributed by atoms with van der Waals surface area (Å²) in [5.74, 6) is 0. The molecule has 5 aromatic rings. The molecule has 0 amide bonds. The molecule has 4 heteroatoms. The van der Waals surface area contributed by atoms with Gasteiger partial charge in [-0.3, -0.25) is 0 Å². The Labute approximate surface area is 216 Å². The first-order valence-corrected chi connectivity index (χ1v) is 13.3. The average Bonchev–Trinajstić information content (AvgIpc) is 3.54. The Morgan fingerprint density at radius 2 is 1.67 bits per heavy atom. The van der Waals surface area contributed by atoms with Crippen molar-refractivity contribution in [2.75, 3.05) is 0 Å². The molecule has 0 aliphatic carbocycles. The number of nitrogens with zero attached hydrogens (tertiary/aromatic N) is 3. The fourth-order valence-electron chi connectivity index (χ4n) is 4.29. The monoisotopic (exact) mass is 480 g/mol. The van der Waals surface area contributed by atoms with Gasteiger partial charge in [0.2, 0.25) is 0 Å². The van der Waals surface area contributed by atoms with Crippen molar-refractivity contribution in [1.29, 1.82) is 0 Å². The summed E-state index contributed by atoms with van der Waals surface area (Å²) in [6.07, 6.45) is 16.6. The van der Waals surface area contributed by atoms with Gasteiger partial charge in [-0.05, 0) is 41.8 Å². The van der Waals surface area contributed by atoms with Gasteiger partial charge >= 0.3 is 0 Å². The average molecular weight is 481 g/mol. The topological polar surface area (TPSA) is 46.0 Å². The molecule has 4 nitrogen and oxygen atoms in total. The van der Waals surface area contributed by atoms with Crippen molar-refractivity contribution in [2.24, 2.45) is 0 Å². The Hall–Kier alpha value is -3.66. The quantitative estimate of drug-likeness (QED) is 0.236. The van der Waals surface area contributed by atoms with Crippen LogP contribution in [0.2, 0.25) is 0 Å². The predicted octanol–water partition coefficient (Wildman–Crippen LogP) is 9.50. The van der Waals surface area contributed by atoms with Crippen LogP contribution in [0.4, 0.5) is 0 Å². The van der Waals surface area contributed by atoms with Crippen molar-refractivity contribution < 1.29 is 0 Å². The van der Waals surface area contributed by atoms with Crippen LogP contribution in [0.5, 0.6) is 0 Å². The molecule has 36 heavy (non-hydrogen) atoms. The lowest BCUT2D eigenvalue weighted by molar-refractivity contribution is 0.656. The molecule has 0 bridgehead atoms. The minimum atomic E-state index is 0.889. The fraction of sp³-hybridized carbons (Fsp3) is 0.312. The van der Waals surface area contributed by atoms with Crippen molar-refractivity contribution in [3.05, 3.63) is 85.0 Å². The molecule has 1 aromatic carbocycles. The summed E-state index contributed by atoms with van der Waals surface area (Å²) in [7, 11) is 0. The molecule has 0 fully saturated rings. The predicted molar refractivity (Wildman–Crippen MR) is 156 cm³/mol. The number of aromatic amines is 1. The van der Waals surface area contributed by atoms with E-state index in [1.54, 1.807) is 0 Å². The number of hydrogen-bond acceptors (Lipinski definition) is 2. The normalized spacial score (nSPS) is 10.5. The van der Waals surface area contributed by atoms with E-state index in [1.165, 1.54) is 43.2 Å². The van der Waals surface area contributed by atoms with Crippen LogP contribution in [0.1, 0.15) is 70.9 Å². The molecular weight excluding hydrogens is 440 g/mol. The lowest BCUT2D eigenvalue weighted by Crippen LogP contribution is -1.88. The van der Waals surface area contributed by atoms with Crippen LogP contribution in [-0.4, -0.2) is 19.6 Å². The van der Waals surface area contributed by atoms with Gasteiger partial charge in [-0.1, -0.05) is 96.7 Å². The highest BCUT2D eigenvalue weighted by Crippen LogP contribution is 2.32. The Morgan fingerprint density at radius 1 is 0.917 bits per heavy atom. The molecule has 0 atom stereocenters. The summed E-state index contributed by atoms with van der Waals surface area (Å²) in [5, 5.41) is 5.47. The summed E-state index contributed by atoms with van der Waals surface area (Å²) in [5.41, 5.74) is 8.78. The van der Waals surface area contributed by atoms with E-state index < -0.39 is 0 Å². The molecule has 0 saturated heterocycles. The van der Waals surface area contributed by atoms with Crippen molar-refractivity contribution >= 4 is 22.6 Å². The molecule has 188 valence electrons. The van der Waals surface area contributed by atoms with Gasteiger partial charge in [0.15, 0.2) is 0 Å². The number of rotatable bonds is 7. The lowest BCUT2D eigenvalue weighted by atomic mass is 9.99. The Bertz CT molecular complexity index is 1390. The van der Waals surface area contributed by atoms with Gasteiger partial charge in [0.05, 0.1) is 11.7 Å². The van der Waals surface area contributed by atoms with E-state index in [4.69, 9.17) is 0 Å². The molecule has 1 N–H and O–H groups in total. The number of benzene rings is 1. The van der Waals surface area contributed by atoms with E-state index in [0.29, 0.717) is 0 Å². The molecule has 0 unspecified atom stereocenters. The molecule has 4 heterocycles. The van der Waals surface area contributed by atoms with Gasteiger partial charge in [0.1, 0.15) is 5.65 Å². The Kier molecular flexibility index (Phi) is 10.1. The number of pyridine rings is 2. The molecule has 4 aromatic heterocycles. The lowest BCUT2D eigenvalue weighted by Gasteiger charge is -2.07. The standard InChI is InChI=1S/C23H18N4.C7H16.C2H6/c1-3-16-13-26-27-9-8-17(11-22(16)27)21-14-25-23-20(21)10-18(12-24-23)19-7-5-4-6-15(19)2;1-3-5-7-6-4-2;1-2/h3-14H,1H2,2H3,(H,24,25);3-7H2,1-2H3;1-2H3. The highest BCUT2D eigenvalue weighted by Gasteiger charge is 2.11. The first-order valence-electron chi connectivity index (χ1n) is 13.3. The zero-order chi connectivity index (χ0) is 25.9. The molecule has 0 radical (unpaired) electrons. The second-order valence-corrected chi connectivity index (χ2v) is 8.75. The van der Waals surface area contributed by atoms with Crippen LogP contribution in [-0.2, 0) is 0 Å². The number of fused-ring (bicyclic) bond motifs is 2. The van der Waals surface area contributed by atoms with Crippen molar-refractivity contribution in [3.8, 4) is 22.3 Å². The maximum atomic E-state index is 4.64. The number of aromatic nitrogens is 4. The third-order valence-corrected chi connectivity index (χ3v) is 6.28. The van der Waals surface area contributed by atoms with Gasteiger partial charge in [-0.15, -0.1) is 0 Å². The smallest absolute Gasteiger partial charge is 0.137 e. The van der Waals surface area contributed by atoms with E-state index in [1.807, 2.05) is 49.2 Å². The highest BCUT2D eigenvalue weighted by atomic mass is 15.2. The molecule has 0 spiro atoms. The maximum absolute atomic E-state index is 4.64. The zero-order valence-electron chi connectivity index (χ0n) is 22.5. The van der Waals surface area contributed by atoms with Crippen LogP contribution >= 0.6 is 0 Å². The third-order valence-electron chi connectivity index (χ3n) is 6.28. The fourth-order valence-corrected chi connectivity index (χ4v) is 4.29. The minimum absolute atomic E-state index is 0.889. The summed E-state index contributed by atoms with van der Waals surface area (Å²) in [6.45, 7) is 14.5. The number of H-pyrrole nitrogens is 1. The SMILES string of the molecule is C=Cc1cnn2ccc(-c3c[nH]c4ncc(-c5ccccc5C)cc34)cc12.CC.CCCCCCC. The summed E-state index contributed by atoms with van der Waals surface area (Å²) >= 11 is 0. The first-order chi connectivity index (χ1) is 17.7. The largest absolute Gasteiger partial charge is 0.346 e. The van der Waals surface area contributed by atoms with Gasteiger partial charge in [-0.25, -0.2) is 9.50 Å². The third kappa shape index (κ3) is 6.12. The molecule has 5 rings (SSSR count). The van der Waals surface area contributed by atoms with Crippen LogP contribution in [0.25, 0.3) is 44.9 Å². The van der Waals surface area contributed by atoms with Crippen LogP contribution in [0.15, 0.2) is 73.8 Å². The van der Waals surface area contributed by atoms with Gasteiger partial charge < -0.3 is 4.98 Å². The highest BCUT2D eigenvalue weighted by molar-refractivity contribution is 5.96. The molecular formula is C32H40N4. The van der Waals surface area contributed by atoms with E-state index in [0.717, 1.165) is 38.8 Å². The molecule has 0 aliphatic heterocycles. The van der Waals surface area contributed by atoms with Crippen LogP contribution < -0.4 is 0 Å². The minimum Gasteiger partial charge on any atom is -0.346 e. The number of nitrogens with one attached hydrogen (secondary N) is 1. The van der Waals surface area contributed by atoms with Gasteiger partial charge in [-0.2, -0.15) is 5.10 Å². The zero-order valence-corrected chi connectivity index (χ0v) is 22.5. The van der Waals surface area contributed by atoms with Gasteiger partial charge in [0, 0.05) is 40.7 Å². The summed E-state index contributed by atoms with van der Waals surface area (Å²) in [4.78, 5) is 7.94. The van der Waals surface area contributed by atoms with E-state index >= 15 is 0 Å². The van der Waals surface area contributed by atoms with Gasteiger partial charge in [0.25, 0.3) is 0 Å². The van der Waals surface area contributed by atoms with Crippen molar-refractivity contribution in [2.45, 2.75) is 66.7 Å². The second kappa shape index (κ2) is 13.4. The van der Waals surface area contributed by atoms with Crippen LogP contribution in [0.3, 0.4) is 0 Å². The van der Waals surface area contributed by atoms with Crippen molar-refractivity contribution in [3.63, 3.8) is 0 Å². The second-order valence-electron chi connectivity index (χ2n) is 8.75. The number of hydrogen-bond donors (Lipinski definition) is 1. The van der Waals surface area contributed by atoms with Crippen molar-refractivity contribution in [1.82, 2.24) is 19.6 Å². The van der Waals surface area contributed by atoms with E-state index in [2.05, 4.69) is 84.9 Å². The first kappa shape index (κ1) is 26.9. The number of unbranched alkanes of at least 4 members (excludes halogenated alkanes) is 4. The number of aryl methyl sites for hydroxylation is 1. The van der Waals surface area contributed by atoms with E-state index in [9.17, 15) is 0 Å². The van der Waals surface area contributed by atoms with Crippen LogP contribution in [0, 0.1) is 6.92 Å². The summed E-state index contributed by atoms with van der Waals surface area (Å²) in [6, 6.07) is 14.8. The molecule has 0 aliphatic rings. The summed E-state index contributed by atoms with van der Waals surface area (Å²) < 4.78 is 1.87. The maximum Gasteiger partial charge on any atom is 0.137 e.